The first-order valence-corrected chi connectivity index (χ1v) is 6.35. The first-order chi connectivity index (χ1) is 8.97. The van der Waals surface area contributed by atoms with E-state index in [-0.39, 0.29) is 12.2 Å². The number of benzene rings is 1. The summed E-state index contributed by atoms with van der Waals surface area (Å²) in [5.74, 6) is 0.0273. The van der Waals surface area contributed by atoms with Gasteiger partial charge in [0.05, 0.1) is 5.56 Å². The second kappa shape index (κ2) is 5.59. The van der Waals surface area contributed by atoms with E-state index in [1.54, 1.807) is 0 Å². The molecule has 0 radical (unpaired) electrons. The van der Waals surface area contributed by atoms with Crippen molar-refractivity contribution in [2.24, 2.45) is 0 Å². The van der Waals surface area contributed by atoms with Gasteiger partial charge in [-0.1, -0.05) is 18.2 Å². The third-order valence-corrected chi connectivity index (χ3v) is 3.30. The maximum Gasteiger partial charge on any atom is 0.416 e. The van der Waals surface area contributed by atoms with E-state index < -0.39 is 11.7 Å². The second-order valence-corrected chi connectivity index (χ2v) is 4.77. The molecule has 0 spiro atoms. The summed E-state index contributed by atoms with van der Waals surface area (Å²) in [5.41, 5.74) is 0.774. The molecule has 1 aliphatic carbocycles. The van der Waals surface area contributed by atoms with Gasteiger partial charge in [-0.2, -0.15) is 13.2 Å². The highest BCUT2D eigenvalue weighted by Gasteiger charge is 2.30. The molecule has 19 heavy (non-hydrogen) atoms. The fourth-order valence-electron chi connectivity index (χ4n) is 2.20. The number of carbonyl (C=O) groups is 1. The van der Waals surface area contributed by atoms with Crippen LogP contribution in [0.5, 0.6) is 0 Å². The molecule has 0 bridgehead atoms. The Hall–Kier alpha value is -1.58. The van der Waals surface area contributed by atoms with Crippen molar-refractivity contribution in [3.8, 4) is 0 Å². The molecule has 0 saturated heterocycles. The molecule has 102 valence electrons. The third-order valence-electron chi connectivity index (χ3n) is 3.30. The highest BCUT2D eigenvalue weighted by Crippen LogP contribution is 2.29. The zero-order valence-electron chi connectivity index (χ0n) is 10.5. The number of halogens is 3. The smallest absolute Gasteiger partial charge is 0.294 e. The van der Waals surface area contributed by atoms with E-state index in [9.17, 15) is 18.0 Å². The summed E-state index contributed by atoms with van der Waals surface area (Å²) in [5, 5.41) is 0. The fourth-order valence-corrected chi connectivity index (χ4v) is 2.20. The van der Waals surface area contributed by atoms with Gasteiger partial charge in [0.1, 0.15) is 0 Å². The lowest BCUT2D eigenvalue weighted by Gasteiger charge is -2.12. The Labute approximate surface area is 110 Å². The predicted molar refractivity (Wildman–Crippen MR) is 66.7 cm³/mol. The molecule has 1 nitrogen and oxygen atoms in total. The van der Waals surface area contributed by atoms with Crippen LogP contribution >= 0.6 is 0 Å². The lowest BCUT2D eigenvalue weighted by atomic mass is 9.93. The summed E-state index contributed by atoms with van der Waals surface area (Å²) in [4.78, 5) is 12.0. The molecule has 0 N–H and O–H groups in total. The van der Waals surface area contributed by atoms with Crippen LogP contribution in [0, 0.1) is 0 Å². The van der Waals surface area contributed by atoms with Crippen LogP contribution < -0.4 is 0 Å². The zero-order valence-corrected chi connectivity index (χ0v) is 10.5. The molecule has 0 amide bonds. The van der Waals surface area contributed by atoms with Crippen LogP contribution in [0.3, 0.4) is 0 Å². The van der Waals surface area contributed by atoms with Gasteiger partial charge in [-0.25, -0.2) is 0 Å². The maximum atomic E-state index is 12.4. The summed E-state index contributed by atoms with van der Waals surface area (Å²) < 4.78 is 37.2. The Morgan fingerprint density at radius 3 is 2.32 bits per heavy atom. The molecule has 0 heterocycles. The molecule has 0 unspecified atom stereocenters. The van der Waals surface area contributed by atoms with Gasteiger partial charge in [0, 0.05) is 6.42 Å². The van der Waals surface area contributed by atoms with Crippen molar-refractivity contribution < 1.29 is 18.0 Å². The SMILES string of the molecule is O=C(Cc1ccc(C(F)(F)F)cc1)C1=CCCCC1. The van der Waals surface area contributed by atoms with Crippen molar-refractivity contribution >= 4 is 5.78 Å². The molecule has 1 aromatic carbocycles. The number of ketones is 1. The number of rotatable bonds is 3. The first kappa shape index (κ1) is 13.8. The molecule has 0 aromatic heterocycles. The van der Waals surface area contributed by atoms with Crippen molar-refractivity contribution in [3.63, 3.8) is 0 Å². The normalized spacial score (nSPS) is 16.1. The van der Waals surface area contributed by atoms with Crippen LogP contribution in [0.1, 0.15) is 36.8 Å². The Bertz CT molecular complexity index is 483. The van der Waals surface area contributed by atoms with E-state index in [0.717, 1.165) is 43.4 Å². The highest BCUT2D eigenvalue weighted by molar-refractivity contribution is 5.96. The van der Waals surface area contributed by atoms with Gasteiger partial charge < -0.3 is 0 Å². The Kier molecular flexibility index (Phi) is 4.08. The fraction of sp³-hybridized carbons (Fsp3) is 0.400. The lowest BCUT2D eigenvalue weighted by Crippen LogP contribution is -2.09. The van der Waals surface area contributed by atoms with Gasteiger partial charge in [0.25, 0.3) is 0 Å². The third kappa shape index (κ3) is 3.69. The van der Waals surface area contributed by atoms with Crippen molar-refractivity contribution in [2.75, 3.05) is 0 Å². The van der Waals surface area contributed by atoms with E-state index in [2.05, 4.69) is 0 Å². The maximum absolute atomic E-state index is 12.4. The molecule has 0 aliphatic heterocycles. The highest BCUT2D eigenvalue weighted by atomic mass is 19.4. The topological polar surface area (TPSA) is 17.1 Å². The molecule has 1 aromatic rings. The van der Waals surface area contributed by atoms with Crippen molar-refractivity contribution in [3.05, 3.63) is 47.0 Å². The molecule has 0 atom stereocenters. The minimum atomic E-state index is -4.32. The molecule has 0 saturated carbocycles. The number of Topliss-reactive ketones (excluding diaryl/α,β-unsaturated/α-hetero) is 1. The van der Waals surface area contributed by atoms with Crippen molar-refractivity contribution in [1.82, 2.24) is 0 Å². The first-order valence-electron chi connectivity index (χ1n) is 6.35. The average molecular weight is 268 g/mol. The Morgan fingerprint density at radius 1 is 1.11 bits per heavy atom. The van der Waals surface area contributed by atoms with Crippen LogP contribution in [0.25, 0.3) is 0 Å². The van der Waals surface area contributed by atoms with E-state index >= 15 is 0 Å². The standard InChI is InChI=1S/C15H15F3O/c16-15(17,18)13-8-6-11(7-9-13)10-14(19)12-4-2-1-3-5-12/h4,6-9H,1-3,5,10H2. The van der Waals surface area contributed by atoms with Crippen molar-refractivity contribution in [1.29, 1.82) is 0 Å². The van der Waals surface area contributed by atoms with Crippen LogP contribution in [-0.4, -0.2) is 5.78 Å². The van der Waals surface area contributed by atoms with E-state index in [1.165, 1.54) is 12.1 Å². The Morgan fingerprint density at radius 2 is 1.79 bits per heavy atom. The van der Waals surface area contributed by atoms with Gasteiger partial charge in [-0.05, 0) is 49.0 Å². The largest absolute Gasteiger partial charge is 0.416 e. The van der Waals surface area contributed by atoms with E-state index in [1.807, 2.05) is 6.08 Å². The minimum absolute atomic E-state index is 0.0273. The van der Waals surface area contributed by atoms with Gasteiger partial charge in [-0.15, -0.1) is 0 Å². The zero-order chi connectivity index (χ0) is 13.9. The Balaban J connectivity index is 2.03. The van der Waals surface area contributed by atoms with Crippen LogP contribution in [0.4, 0.5) is 13.2 Å². The van der Waals surface area contributed by atoms with Gasteiger partial charge in [0.15, 0.2) is 5.78 Å². The van der Waals surface area contributed by atoms with Crippen LogP contribution in [0.15, 0.2) is 35.9 Å². The second-order valence-electron chi connectivity index (χ2n) is 4.77. The summed E-state index contributed by atoms with van der Waals surface area (Å²) >= 11 is 0. The van der Waals surface area contributed by atoms with E-state index in [0.29, 0.717) is 5.56 Å². The summed E-state index contributed by atoms with van der Waals surface area (Å²) in [6, 6.07) is 4.81. The molecule has 0 fully saturated rings. The molecule has 1 aliphatic rings. The van der Waals surface area contributed by atoms with E-state index in [4.69, 9.17) is 0 Å². The number of carbonyl (C=O) groups excluding carboxylic acids is 1. The summed E-state index contributed by atoms with van der Waals surface area (Å²) in [7, 11) is 0. The van der Waals surface area contributed by atoms with Gasteiger partial charge in [-0.3, -0.25) is 4.79 Å². The van der Waals surface area contributed by atoms with Crippen LogP contribution in [-0.2, 0) is 17.4 Å². The van der Waals surface area contributed by atoms with Crippen LogP contribution in [0.2, 0.25) is 0 Å². The number of hydrogen-bond acceptors (Lipinski definition) is 1. The van der Waals surface area contributed by atoms with Gasteiger partial charge >= 0.3 is 6.18 Å². The van der Waals surface area contributed by atoms with Gasteiger partial charge in [0.2, 0.25) is 0 Å². The molecule has 2 rings (SSSR count). The lowest BCUT2D eigenvalue weighted by molar-refractivity contribution is -0.137. The molecular weight excluding hydrogens is 253 g/mol. The molecule has 4 heteroatoms. The average Bonchev–Trinajstić information content (AvgIpc) is 2.39. The molecular formula is C15H15F3O. The number of hydrogen-bond donors (Lipinski definition) is 0. The number of alkyl halides is 3. The number of allylic oxidation sites excluding steroid dienone is 2. The van der Waals surface area contributed by atoms with Crippen molar-refractivity contribution in [2.45, 2.75) is 38.3 Å². The summed E-state index contributed by atoms with van der Waals surface area (Å²) in [6.45, 7) is 0. The quantitative estimate of drug-likeness (QED) is 0.798. The summed E-state index contributed by atoms with van der Waals surface area (Å²) in [6.07, 6.45) is 1.66. The monoisotopic (exact) mass is 268 g/mol. The minimum Gasteiger partial charge on any atom is -0.294 e. The predicted octanol–water partition coefficient (Wildman–Crippen LogP) is 4.32.